The van der Waals surface area contributed by atoms with Gasteiger partial charge in [0.1, 0.15) is 24.3 Å². The maximum Gasteiger partial charge on any atom is 0.245 e. The largest absolute Gasteiger partial charge is 0.373 e. The first-order chi connectivity index (χ1) is 15.7. The van der Waals surface area contributed by atoms with Crippen LogP contribution in [-0.2, 0) is 22.7 Å². The standard InChI is InChI=1S/C22H22BrClFN5O3/c23-13-4-7-17-15(8-13)21(22(26)33)28-30(17)11-19(32)29(14-5-6-14)10-18(31)27-9-12-2-1-3-16(24)20(12)25/h1-4,7-8,14,22,33H,5-6,9-11,26H2,(H,27,31). The van der Waals surface area contributed by atoms with Gasteiger partial charge < -0.3 is 21.1 Å². The Hall–Kier alpha value is -2.53. The van der Waals surface area contributed by atoms with E-state index in [1.165, 1.54) is 21.7 Å². The van der Waals surface area contributed by atoms with Crippen molar-refractivity contribution in [1.29, 1.82) is 0 Å². The maximum absolute atomic E-state index is 14.0. The summed E-state index contributed by atoms with van der Waals surface area (Å²) >= 11 is 9.16. The molecule has 0 aliphatic heterocycles. The Labute approximate surface area is 202 Å². The van der Waals surface area contributed by atoms with Crippen molar-refractivity contribution in [2.75, 3.05) is 6.54 Å². The first-order valence-corrected chi connectivity index (χ1v) is 11.5. The third-order valence-corrected chi connectivity index (χ3v) is 6.22. The van der Waals surface area contributed by atoms with Crippen LogP contribution >= 0.6 is 27.5 Å². The van der Waals surface area contributed by atoms with Gasteiger partial charge in [0.25, 0.3) is 0 Å². The van der Waals surface area contributed by atoms with Crippen molar-refractivity contribution >= 4 is 50.2 Å². The van der Waals surface area contributed by atoms with E-state index in [2.05, 4.69) is 26.3 Å². The number of nitrogens with one attached hydrogen (secondary N) is 1. The van der Waals surface area contributed by atoms with Crippen LogP contribution in [0, 0.1) is 5.82 Å². The normalized spacial score (nSPS) is 14.3. The van der Waals surface area contributed by atoms with Gasteiger partial charge in [-0.05, 0) is 37.1 Å². The molecule has 0 bridgehead atoms. The number of amides is 2. The quantitative estimate of drug-likeness (QED) is 0.382. The number of rotatable bonds is 8. The van der Waals surface area contributed by atoms with Gasteiger partial charge in [0, 0.05) is 28.0 Å². The van der Waals surface area contributed by atoms with E-state index in [9.17, 15) is 19.1 Å². The summed E-state index contributed by atoms with van der Waals surface area (Å²) < 4.78 is 16.3. The molecule has 1 fully saturated rings. The van der Waals surface area contributed by atoms with Gasteiger partial charge in [0.05, 0.1) is 17.1 Å². The van der Waals surface area contributed by atoms with E-state index in [0.717, 1.165) is 17.3 Å². The summed E-state index contributed by atoms with van der Waals surface area (Å²) in [5.74, 6) is -1.27. The molecule has 11 heteroatoms. The van der Waals surface area contributed by atoms with Crippen LogP contribution in [0.25, 0.3) is 10.9 Å². The first-order valence-electron chi connectivity index (χ1n) is 10.3. The van der Waals surface area contributed by atoms with Crippen molar-refractivity contribution in [3.8, 4) is 0 Å². The molecule has 4 rings (SSSR count). The molecule has 2 amide bonds. The number of nitrogens with zero attached hydrogens (tertiary/aromatic N) is 3. The number of fused-ring (bicyclic) bond motifs is 1. The van der Waals surface area contributed by atoms with E-state index in [1.54, 1.807) is 24.3 Å². The Morgan fingerprint density at radius 1 is 1.36 bits per heavy atom. The lowest BCUT2D eigenvalue weighted by atomic mass is 10.2. The number of benzene rings is 2. The fraction of sp³-hybridized carbons (Fsp3) is 0.318. The second-order valence-electron chi connectivity index (χ2n) is 7.89. The second kappa shape index (κ2) is 9.76. The number of hydrogen-bond acceptors (Lipinski definition) is 5. The molecule has 2 aromatic carbocycles. The SMILES string of the molecule is NC(O)c1nn(CC(=O)N(CC(=O)NCc2cccc(Cl)c2F)C2CC2)c2ccc(Br)cc12. The Morgan fingerprint density at radius 3 is 2.82 bits per heavy atom. The lowest BCUT2D eigenvalue weighted by Gasteiger charge is -2.22. The van der Waals surface area contributed by atoms with Crippen LogP contribution in [0.4, 0.5) is 4.39 Å². The Kier molecular flexibility index (Phi) is 6.99. The number of aliphatic hydroxyl groups is 1. The molecule has 0 spiro atoms. The fourth-order valence-corrected chi connectivity index (χ4v) is 4.19. The Morgan fingerprint density at radius 2 is 2.12 bits per heavy atom. The predicted molar refractivity (Wildman–Crippen MR) is 125 cm³/mol. The third-order valence-electron chi connectivity index (χ3n) is 5.44. The van der Waals surface area contributed by atoms with Gasteiger partial charge in [-0.3, -0.25) is 14.3 Å². The van der Waals surface area contributed by atoms with Crippen molar-refractivity contribution in [3.05, 3.63) is 63.0 Å². The molecule has 1 saturated carbocycles. The summed E-state index contributed by atoms with van der Waals surface area (Å²) in [5.41, 5.74) is 6.81. The molecule has 0 saturated heterocycles. The molecule has 0 radical (unpaired) electrons. The van der Waals surface area contributed by atoms with E-state index < -0.39 is 18.0 Å². The van der Waals surface area contributed by atoms with E-state index in [1.807, 2.05) is 0 Å². The second-order valence-corrected chi connectivity index (χ2v) is 9.21. The third kappa shape index (κ3) is 5.35. The molecule has 1 atom stereocenters. The molecule has 1 unspecified atom stereocenters. The maximum atomic E-state index is 14.0. The summed E-state index contributed by atoms with van der Waals surface area (Å²) in [6.45, 7) is -0.297. The molecular formula is C22H22BrClFN5O3. The number of carbonyl (C=O) groups excluding carboxylic acids is 2. The predicted octanol–water partition coefficient (Wildman–Crippen LogP) is 2.85. The van der Waals surface area contributed by atoms with Crippen LogP contribution in [0.2, 0.25) is 5.02 Å². The lowest BCUT2D eigenvalue weighted by molar-refractivity contribution is -0.137. The van der Waals surface area contributed by atoms with Gasteiger partial charge >= 0.3 is 0 Å². The minimum Gasteiger partial charge on any atom is -0.373 e. The highest BCUT2D eigenvalue weighted by atomic mass is 79.9. The lowest BCUT2D eigenvalue weighted by Crippen LogP contribution is -2.43. The average molecular weight is 539 g/mol. The Bertz CT molecular complexity index is 1210. The van der Waals surface area contributed by atoms with Gasteiger partial charge in [0.15, 0.2) is 0 Å². The topological polar surface area (TPSA) is 113 Å². The monoisotopic (exact) mass is 537 g/mol. The molecule has 3 aromatic rings. The molecular weight excluding hydrogens is 517 g/mol. The van der Waals surface area contributed by atoms with Gasteiger partial charge in [-0.25, -0.2) is 4.39 Å². The molecule has 174 valence electrons. The fourth-order valence-electron chi connectivity index (χ4n) is 3.63. The highest BCUT2D eigenvalue weighted by molar-refractivity contribution is 9.10. The molecule has 8 nitrogen and oxygen atoms in total. The zero-order valence-corrected chi connectivity index (χ0v) is 19.8. The number of hydrogen-bond donors (Lipinski definition) is 3. The minimum absolute atomic E-state index is 0.0167. The summed E-state index contributed by atoms with van der Waals surface area (Å²) in [4.78, 5) is 27.1. The van der Waals surface area contributed by atoms with Crippen LogP contribution in [0.3, 0.4) is 0 Å². The molecule has 4 N–H and O–H groups in total. The van der Waals surface area contributed by atoms with E-state index in [0.29, 0.717) is 10.9 Å². The summed E-state index contributed by atoms with van der Waals surface area (Å²) in [6.07, 6.45) is 0.318. The first kappa shape index (κ1) is 23.6. The molecule has 1 heterocycles. The molecule has 33 heavy (non-hydrogen) atoms. The molecule has 1 aliphatic carbocycles. The van der Waals surface area contributed by atoms with Crippen LogP contribution in [0.5, 0.6) is 0 Å². The highest BCUT2D eigenvalue weighted by Gasteiger charge is 2.34. The molecule has 1 aromatic heterocycles. The van der Waals surface area contributed by atoms with E-state index in [4.69, 9.17) is 17.3 Å². The van der Waals surface area contributed by atoms with E-state index >= 15 is 0 Å². The van der Waals surface area contributed by atoms with Gasteiger partial charge in [-0.2, -0.15) is 5.10 Å². The Balaban J connectivity index is 1.46. The minimum atomic E-state index is -1.30. The number of carbonyl (C=O) groups is 2. The number of aromatic nitrogens is 2. The van der Waals surface area contributed by atoms with E-state index in [-0.39, 0.29) is 47.9 Å². The highest BCUT2D eigenvalue weighted by Crippen LogP contribution is 2.29. The van der Waals surface area contributed by atoms with Gasteiger partial charge in [0.2, 0.25) is 11.8 Å². The van der Waals surface area contributed by atoms with Crippen molar-refractivity contribution in [3.63, 3.8) is 0 Å². The van der Waals surface area contributed by atoms with Crippen molar-refractivity contribution in [1.82, 2.24) is 20.0 Å². The molecule has 1 aliphatic rings. The number of halogens is 3. The average Bonchev–Trinajstić information content (AvgIpc) is 3.55. The van der Waals surface area contributed by atoms with Crippen molar-refractivity contribution in [2.24, 2.45) is 5.73 Å². The van der Waals surface area contributed by atoms with Crippen molar-refractivity contribution in [2.45, 2.75) is 38.2 Å². The van der Waals surface area contributed by atoms with Crippen LogP contribution in [-0.4, -0.2) is 44.2 Å². The number of aliphatic hydroxyl groups excluding tert-OH is 1. The zero-order chi connectivity index (χ0) is 23.7. The van der Waals surface area contributed by atoms with Gasteiger partial charge in [-0.1, -0.05) is 39.7 Å². The van der Waals surface area contributed by atoms with Crippen LogP contribution in [0.15, 0.2) is 40.9 Å². The van der Waals surface area contributed by atoms with Gasteiger partial charge in [-0.15, -0.1) is 0 Å². The van der Waals surface area contributed by atoms with Crippen LogP contribution in [0.1, 0.15) is 30.3 Å². The zero-order valence-electron chi connectivity index (χ0n) is 17.5. The smallest absolute Gasteiger partial charge is 0.245 e. The summed E-state index contributed by atoms with van der Waals surface area (Å²) in [7, 11) is 0. The summed E-state index contributed by atoms with van der Waals surface area (Å²) in [6, 6.07) is 9.90. The number of nitrogens with two attached hydrogens (primary N) is 1. The summed E-state index contributed by atoms with van der Waals surface area (Å²) in [5, 5.41) is 17.5. The van der Waals surface area contributed by atoms with Crippen LogP contribution < -0.4 is 11.1 Å². The van der Waals surface area contributed by atoms with Crippen molar-refractivity contribution < 1.29 is 19.1 Å².